The molecule has 0 aliphatic rings. The minimum Gasteiger partial charge on any atom is -0.385 e. The first-order valence-corrected chi connectivity index (χ1v) is 8.40. The Morgan fingerprint density at radius 2 is 1.79 bits per heavy atom. The maximum atomic E-state index is 11.1. The maximum absolute atomic E-state index is 11.1. The second-order valence-electron chi connectivity index (χ2n) is 4.35. The van der Waals surface area contributed by atoms with Gasteiger partial charge >= 0.3 is 0 Å². The van der Waals surface area contributed by atoms with Crippen LogP contribution in [-0.4, -0.2) is 34.3 Å². The second kappa shape index (κ2) is 7.35. The molecule has 0 saturated heterocycles. The molecule has 1 aromatic rings. The minimum absolute atomic E-state index is 0.410. The highest BCUT2D eigenvalue weighted by molar-refractivity contribution is 7.88. The van der Waals surface area contributed by atoms with Gasteiger partial charge in [0.15, 0.2) is 0 Å². The van der Waals surface area contributed by atoms with Crippen LogP contribution in [0.5, 0.6) is 0 Å². The molecule has 1 aromatic carbocycles. The van der Waals surface area contributed by atoms with E-state index in [1.165, 1.54) is 6.26 Å². The van der Waals surface area contributed by atoms with Crippen LogP contribution < -0.4 is 15.4 Å². The third kappa shape index (κ3) is 5.94. The van der Waals surface area contributed by atoms with Gasteiger partial charge in [-0.25, -0.2) is 13.1 Å². The summed E-state index contributed by atoms with van der Waals surface area (Å²) in [4.78, 5) is 0. The molecule has 0 amide bonds. The monoisotopic (exact) mass is 285 g/mol. The molecule has 5 nitrogen and oxygen atoms in total. The number of rotatable bonds is 8. The Labute approximate surface area is 115 Å². The highest BCUT2D eigenvalue weighted by Gasteiger charge is 2.05. The van der Waals surface area contributed by atoms with Gasteiger partial charge in [0.2, 0.25) is 10.0 Å². The Kier molecular flexibility index (Phi) is 6.11. The molecule has 0 saturated carbocycles. The molecule has 3 N–H and O–H groups in total. The van der Waals surface area contributed by atoms with Crippen LogP contribution in [0.3, 0.4) is 0 Å². The molecule has 0 aliphatic carbocycles. The van der Waals surface area contributed by atoms with Crippen LogP contribution in [0.15, 0.2) is 18.2 Å². The summed E-state index contributed by atoms with van der Waals surface area (Å²) in [5, 5.41) is 6.55. The third-order valence-electron chi connectivity index (χ3n) is 2.61. The van der Waals surface area contributed by atoms with Crippen molar-refractivity contribution in [3.63, 3.8) is 0 Å². The van der Waals surface area contributed by atoms with Gasteiger partial charge in [-0.1, -0.05) is 0 Å². The predicted molar refractivity (Wildman–Crippen MR) is 81.3 cm³/mol. The van der Waals surface area contributed by atoms with Crippen molar-refractivity contribution < 1.29 is 8.42 Å². The number of nitrogens with one attached hydrogen (secondary N) is 3. The first kappa shape index (κ1) is 15.8. The summed E-state index contributed by atoms with van der Waals surface area (Å²) in [5.74, 6) is 0. The summed E-state index contributed by atoms with van der Waals surface area (Å²) < 4.78 is 24.6. The molecule has 0 heterocycles. The van der Waals surface area contributed by atoms with Crippen molar-refractivity contribution in [1.29, 1.82) is 0 Å². The summed E-state index contributed by atoms with van der Waals surface area (Å²) in [6.45, 7) is 6.20. The van der Waals surface area contributed by atoms with Gasteiger partial charge in [0.25, 0.3) is 0 Å². The Hall–Kier alpha value is -1.27. The van der Waals surface area contributed by atoms with E-state index in [0.29, 0.717) is 13.0 Å². The Bertz CT molecular complexity index is 501. The SMILES string of the molecule is CCNc1ccc(NCC)c(CCNS(C)(=O)=O)c1. The average molecular weight is 285 g/mol. The molecule has 0 spiro atoms. The molecule has 0 aliphatic heterocycles. The van der Waals surface area contributed by atoms with E-state index in [4.69, 9.17) is 0 Å². The van der Waals surface area contributed by atoms with Crippen molar-refractivity contribution in [3.8, 4) is 0 Å². The lowest BCUT2D eigenvalue weighted by atomic mass is 10.1. The molecule has 0 fully saturated rings. The summed E-state index contributed by atoms with van der Waals surface area (Å²) in [5.41, 5.74) is 3.22. The fourth-order valence-electron chi connectivity index (χ4n) is 1.85. The van der Waals surface area contributed by atoms with Gasteiger partial charge in [0.1, 0.15) is 0 Å². The van der Waals surface area contributed by atoms with Gasteiger partial charge in [-0.2, -0.15) is 0 Å². The molecular formula is C13H23N3O2S. The Balaban J connectivity index is 2.78. The van der Waals surface area contributed by atoms with E-state index in [9.17, 15) is 8.42 Å². The van der Waals surface area contributed by atoms with E-state index in [0.717, 1.165) is 30.0 Å². The topological polar surface area (TPSA) is 70.2 Å². The number of sulfonamides is 1. The lowest BCUT2D eigenvalue weighted by Crippen LogP contribution is -2.24. The number of benzene rings is 1. The zero-order valence-electron chi connectivity index (χ0n) is 11.8. The molecule has 0 radical (unpaired) electrons. The molecule has 0 bridgehead atoms. The Morgan fingerprint density at radius 3 is 2.37 bits per heavy atom. The summed E-state index contributed by atoms with van der Waals surface area (Å²) in [6.07, 6.45) is 1.84. The largest absolute Gasteiger partial charge is 0.385 e. The van der Waals surface area contributed by atoms with Gasteiger partial charge in [-0.05, 0) is 44.0 Å². The van der Waals surface area contributed by atoms with Crippen molar-refractivity contribution in [3.05, 3.63) is 23.8 Å². The highest BCUT2D eigenvalue weighted by atomic mass is 32.2. The van der Waals surface area contributed by atoms with Crippen molar-refractivity contribution >= 4 is 21.4 Å². The van der Waals surface area contributed by atoms with Gasteiger partial charge in [0, 0.05) is 31.0 Å². The van der Waals surface area contributed by atoms with Crippen LogP contribution >= 0.6 is 0 Å². The van der Waals surface area contributed by atoms with E-state index in [2.05, 4.69) is 21.4 Å². The van der Waals surface area contributed by atoms with Crippen LogP contribution in [-0.2, 0) is 16.4 Å². The molecule has 6 heteroatoms. The molecule has 0 atom stereocenters. The second-order valence-corrected chi connectivity index (χ2v) is 6.18. The fourth-order valence-corrected chi connectivity index (χ4v) is 2.32. The van der Waals surface area contributed by atoms with Crippen LogP contribution in [0.2, 0.25) is 0 Å². The highest BCUT2D eigenvalue weighted by Crippen LogP contribution is 2.21. The van der Waals surface area contributed by atoms with E-state index in [1.54, 1.807) is 0 Å². The van der Waals surface area contributed by atoms with E-state index in [1.807, 2.05) is 26.0 Å². The number of anilines is 2. The average Bonchev–Trinajstić information content (AvgIpc) is 2.31. The molecule has 1 rings (SSSR count). The fraction of sp³-hybridized carbons (Fsp3) is 0.538. The third-order valence-corrected chi connectivity index (χ3v) is 3.34. The smallest absolute Gasteiger partial charge is 0.208 e. The molecular weight excluding hydrogens is 262 g/mol. The van der Waals surface area contributed by atoms with Crippen LogP contribution in [0.1, 0.15) is 19.4 Å². The van der Waals surface area contributed by atoms with Gasteiger partial charge in [0.05, 0.1) is 6.26 Å². The lowest BCUT2D eigenvalue weighted by Gasteiger charge is -2.13. The molecule has 19 heavy (non-hydrogen) atoms. The lowest BCUT2D eigenvalue weighted by molar-refractivity contribution is 0.588. The van der Waals surface area contributed by atoms with Gasteiger partial charge in [-0.15, -0.1) is 0 Å². The van der Waals surface area contributed by atoms with Crippen molar-refractivity contribution in [2.75, 3.05) is 36.5 Å². The first-order valence-electron chi connectivity index (χ1n) is 6.51. The normalized spacial score (nSPS) is 11.3. The van der Waals surface area contributed by atoms with Crippen molar-refractivity contribution in [1.82, 2.24) is 4.72 Å². The predicted octanol–water partition coefficient (Wildman–Crippen LogP) is 1.64. The van der Waals surface area contributed by atoms with E-state index in [-0.39, 0.29) is 0 Å². The number of hydrogen-bond acceptors (Lipinski definition) is 4. The molecule has 108 valence electrons. The molecule has 0 unspecified atom stereocenters. The van der Waals surface area contributed by atoms with Crippen LogP contribution in [0, 0.1) is 0 Å². The minimum atomic E-state index is -3.13. The zero-order valence-corrected chi connectivity index (χ0v) is 12.6. The van der Waals surface area contributed by atoms with Crippen LogP contribution in [0.4, 0.5) is 11.4 Å². The van der Waals surface area contributed by atoms with E-state index < -0.39 is 10.0 Å². The quantitative estimate of drug-likeness (QED) is 0.679. The first-order chi connectivity index (χ1) is 8.96. The summed E-state index contributed by atoms with van der Waals surface area (Å²) >= 11 is 0. The van der Waals surface area contributed by atoms with Gasteiger partial charge < -0.3 is 10.6 Å². The van der Waals surface area contributed by atoms with Crippen molar-refractivity contribution in [2.24, 2.45) is 0 Å². The van der Waals surface area contributed by atoms with Crippen LogP contribution in [0.25, 0.3) is 0 Å². The zero-order chi connectivity index (χ0) is 14.3. The Morgan fingerprint density at radius 1 is 1.11 bits per heavy atom. The summed E-state index contributed by atoms with van der Waals surface area (Å²) in [6, 6.07) is 6.11. The molecule has 0 aromatic heterocycles. The van der Waals surface area contributed by atoms with E-state index >= 15 is 0 Å². The number of hydrogen-bond donors (Lipinski definition) is 3. The van der Waals surface area contributed by atoms with Crippen molar-refractivity contribution in [2.45, 2.75) is 20.3 Å². The maximum Gasteiger partial charge on any atom is 0.208 e. The van der Waals surface area contributed by atoms with Gasteiger partial charge in [-0.3, -0.25) is 0 Å². The summed E-state index contributed by atoms with van der Waals surface area (Å²) in [7, 11) is -3.13. The standard InChI is InChI=1S/C13H23N3O2S/c1-4-14-12-6-7-13(15-5-2)11(10-12)8-9-16-19(3,17)18/h6-7,10,14-16H,4-5,8-9H2,1-3H3.